The molecule has 0 aliphatic heterocycles. The number of carboxylic acid groups (broad SMARTS) is 1. The van der Waals surface area contributed by atoms with Crippen LogP contribution >= 0.6 is 0 Å². The predicted octanol–water partition coefficient (Wildman–Crippen LogP) is 4.31. The summed E-state index contributed by atoms with van der Waals surface area (Å²) < 4.78 is 0. The number of carboxylic acids is 1. The van der Waals surface area contributed by atoms with Gasteiger partial charge < -0.3 is 10.4 Å². The first-order valence-corrected chi connectivity index (χ1v) is 8.51. The summed E-state index contributed by atoms with van der Waals surface area (Å²) in [6, 6.07) is 8.41. The Hall–Kier alpha value is -2.10. The van der Waals surface area contributed by atoms with Crippen molar-refractivity contribution in [1.82, 2.24) is 4.98 Å². The van der Waals surface area contributed by atoms with Gasteiger partial charge in [-0.15, -0.1) is 0 Å². The third kappa shape index (κ3) is 3.63. The number of aliphatic carboxylic acids is 1. The Morgan fingerprint density at radius 1 is 1.22 bits per heavy atom. The van der Waals surface area contributed by atoms with Crippen LogP contribution in [0.1, 0.15) is 49.8 Å². The molecular weight excluding hydrogens is 288 g/mol. The van der Waals surface area contributed by atoms with Gasteiger partial charge in [0.2, 0.25) is 0 Å². The van der Waals surface area contributed by atoms with Crippen molar-refractivity contribution in [2.75, 3.05) is 5.32 Å². The normalized spacial score (nSPS) is 16.2. The molecule has 0 saturated heterocycles. The zero-order chi connectivity index (χ0) is 16.2. The highest BCUT2D eigenvalue weighted by atomic mass is 16.4. The number of para-hydroxylation sites is 1. The number of nitrogens with one attached hydrogen (secondary N) is 1. The Kier molecular flexibility index (Phi) is 4.79. The van der Waals surface area contributed by atoms with Gasteiger partial charge in [-0.25, -0.2) is 0 Å². The number of rotatable bonds is 4. The molecule has 0 unspecified atom stereocenters. The number of nitrogens with zero attached hydrogens (tertiary/aromatic N) is 1. The molecule has 0 atom stereocenters. The number of aromatic nitrogens is 1. The van der Waals surface area contributed by atoms with Crippen molar-refractivity contribution >= 4 is 22.6 Å². The van der Waals surface area contributed by atoms with E-state index in [0.29, 0.717) is 6.04 Å². The lowest BCUT2D eigenvalue weighted by molar-refractivity contribution is -0.136. The summed E-state index contributed by atoms with van der Waals surface area (Å²) in [5, 5.41) is 14.0. The van der Waals surface area contributed by atoms with Crippen LogP contribution in [-0.2, 0) is 11.2 Å². The van der Waals surface area contributed by atoms with Gasteiger partial charge in [0, 0.05) is 28.4 Å². The first-order chi connectivity index (χ1) is 11.1. The topological polar surface area (TPSA) is 62.2 Å². The van der Waals surface area contributed by atoms with Gasteiger partial charge in [0.1, 0.15) is 0 Å². The molecule has 2 N–H and O–H groups in total. The van der Waals surface area contributed by atoms with Gasteiger partial charge in [-0.1, -0.05) is 43.9 Å². The zero-order valence-corrected chi connectivity index (χ0v) is 13.6. The van der Waals surface area contributed by atoms with Crippen LogP contribution in [0.15, 0.2) is 24.3 Å². The lowest BCUT2D eigenvalue weighted by atomic mass is 10.0. The molecule has 1 aromatic carbocycles. The molecule has 4 nitrogen and oxygen atoms in total. The highest BCUT2D eigenvalue weighted by Gasteiger charge is 2.19. The number of pyridine rings is 1. The minimum atomic E-state index is -0.811. The summed E-state index contributed by atoms with van der Waals surface area (Å²) >= 11 is 0. The predicted molar refractivity (Wildman–Crippen MR) is 92.9 cm³/mol. The second-order valence-corrected chi connectivity index (χ2v) is 6.47. The second kappa shape index (κ2) is 6.99. The van der Waals surface area contributed by atoms with Crippen LogP contribution in [0.3, 0.4) is 0 Å². The van der Waals surface area contributed by atoms with Crippen LogP contribution in [0, 0.1) is 6.92 Å². The van der Waals surface area contributed by atoms with Crippen LogP contribution in [0.25, 0.3) is 10.9 Å². The molecule has 1 fully saturated rings. The van der Waals surface area contributed by atoms with Gasteiger partial charge in [-0.05, 0) is 25.8 Å². The van der Waals surface area contributed by atoms with E-state index < -0.39 is 5.97 Å². The molecular formula is C19H24N2O2. The summed E-state index contributed by atoms with van der Waals surface area (Å²) in [6.07, 6.45) is 7.41. The maximum absolute atomic E-state index is 11.3. The molecule has 0 amide bonds. The molecule has 1 heterocycles. The van der Waals surface area contributed by atoms with E-state index in [4.69, 9.17) is 0 Å². The quantitative estimate of drug-likeness (QED) is 0.826. The lowest BCUT2D eigenvalue weighted by Gasteiger charge is -2.22. The maximum Gasteiger partial charge on any atom is 0.307 e. The molecule has 4 heteroatoms. The van der Waals surface area contributed by atoms with Crippen molar-refractivity contribution in [2.45, 2.75) is 57.9 Å². The van der Waals surface area contributed by atoms with Crippen molar-refractivity contribution in [2.24, 2.45) is 0 Å². The third-order valence-electron chi connectivity index (χ3n) is 4.73. The number of carbonyl (C=O) groups is 1. The van der Waals surface area contributed by atoms with Crippen molar-refractivity contribution in [3.05, 3.63) is 35.5 Å². The summed E-state index contributed by atoms with van der Waals surface area (Å²) in [5.74, 6) is -0.811. The van der Waals surface area contributed by atoms with E-state index >= 15 is 0 Å². The molecule has 23 heavy (non-hydrogen) atoms. The van der Waals surface area contributed by atoms with Gasteiger partial charge in [0.15, 0.2) is 0 Å². The Labute approximate surface area is 136 Å². The monoisotopic (exact) mass is 312 g/mol. The van der Waals surface area contributed by atoms with E-state index in [0.717, 1.165) is 40.7 Å². The second-order valence-electron chi connectivity index (χ2n) is 6.47. The minimum Gasteiger partial charge on any atom is -0.481 e. The third-order valence-corrected chi connectivity index (χ3v) is 4.73. The SMILES string of the molecule is Cc1nc2ccccc2c(NC2CCCCCC2)c1CC(=O)O. The van der Waals surface area contributed by atoms with Crippen molar-refractivity contribution in [3.63, 3.8) is 0 Å². The van der Waals surface area contributed by atoms with Gasteiger partial charge in [0.05, 0.1) is 11.9 Å². The number of hydrogen-bond donors (Lipinski definition) is 2. The fourth-order valence-electron chi connectivity index (χ4n) is 3.53. The average molecular weight is 312 g/mol. The van der Waals surface area contributed by atoms with Gasteiger partial charge in [-0.3, -0.25) is 9.78 Å². The van der Waals surface area contributed by atoms with E-state index in [2.05, 4.69) is 10.3 Å². The first-order valence-electron chi connectivity index (χ1n) is 8.51. The molecule has 2 aromatic rings. The smallest absolute Gasteiger partial charge is 0.307 e. The summed E-state index contributed by atoms with van der Waals surface area (Å²) in [6.45, 7) is 1.91. The number of aryl methyl sites for hydroxylation is 1. The molecule has 1 aliphatic rings. The lowest BCUT2D eigenvalue weighted by Crippen LogP contribution is -2.21. The Bertz CT molecular complexity index is 704. The number of hydrogen-bond acceptors (Lipinski definition) is 3. The first kappa shape index (κ1) is 15.8. The fraction of sp³-hybridized carbons (Fsp3) is 0.474. The number of benzene rings is 1. The van der Waals surface area contributed by atoms with Crippen LogP contribution in [0.4, 0.5) is 5.69 Å². The highest BCUT2D eigenvalue weighted by molar-refractivity contribution is 5.95. The Morgan fingerprint density at radius 2 is 1.91 bits per heavy atom. The molecule has 122 valence electrons. The molecule has 0 bridgehead atoms. The molecule has 1 saturated carbocycles. The zero-order valence-electron chi connectivity index (χ0n) is 13.6. The average Bonchev–Trinajstić information content (AvgIpc) is 2.79. The Balaban J connectivity index is 2.04. The number of anilines is 1. The minimum absolute atomic E-state index is 0.0126. The van der Waals surface area contributed by atoms with Crippen molar-refractivity contribution in [3.8, 4) is 0 Å². The van der Waals surface area contributed by atoms with E-state index in [-0.39, 0.29) is 6.42 Å². The van der Waals surface area contributed by atoms with E-state index in [9.17, 15) is 9.90 Å². The molecule has 0 spiro atoms. The summed E-state index contributed by atoms with van der Waals surface area (Å²) in [5.41, 5.74) is 3.53. The Morgan fingerprint density at radius 3 is 2.61 bits per heavy atom. The van der Waals surface area contributed by atoms with Crippen molar-refractivity contribution in [1.29, 1.82) is 0 Å². The molecule has 1 aromatic heterocycles. The molecule has 0 radical (unpaired) electrons. The summed E-state index contributed by atoms with van der Waals surface area (Å²) in [7, 11) is 0. The van der Waals surface area contributed by atoms with Gasteiger partial charge >= 0.3 is 5.97 Å². The largest absolute Gasteiger partial charge is 0.481 e. The molecule has 3 rings (SSSR count). The fourth-order valence-corrected chi connectivity index (χ4v) is 3.53. The van der Waals surface area contributed by atoms with Gasteiger partial charge in [-0.2, -0.15) is 0 Å². The van der Waals surface area contributed by atoms with E-state index in [1.54, 1.807) is 0 Å². The van der Waals surface area contributed by atoms with Crippen LogP contribution in [-0.4, -0.2) is 22.1 Å². The standard InChI is InChI=1S/C19H24N2O2/c1-13-16(12-18(22)23)19(15-10-6-7-11-17(15)20-13)21-14-8-4-2-3-5-9-14/h6-7,10-11,14H,2-5,8-9,12H2,1H3,(H,20,21)(H,22,23). The maximum atomic E-state index is 11.3. The number of fused-ring (bicyclic) bond motifs is 1. The van der Waals surface area contributed by atoms with Gasteiger partial charge in [0.25, 0.3) is 0 Å². The van der Waals surface area contributed by atoms with Crippen LogP contribution in [0.2, 0.25) is 0 Å². The highest BCUT2D eigenvalue weighted by Crippen LogP contribution is 2.31. The van der Waals surface area contributed by atoms with E-state index in [1.807, 2.05) is 31.2 Å². The van der Waals surface area contributed by atoms with Crippen LogP contribution < -0.4 is 5.32 Å². The van der Waals surface area contributed by atoms with E-state index in [1.165, 1.54) is 25.7 Å². The molecule has 1 aliphatic carbocycles. The summed E-state index contributed by atoms with van der Waals surface area (Å²) in [4.78, 5) is 15.9. The van der Waals surface area contributed by atoms with Crippen molar-refractivity contribution < 1.29 is 9.90 Å². The van der Waals surface area contributed by atoms with Crippen LogP contribution in [0.5, 0.6) is 0 Å².